The van der Waals surface area contributed by atoms with Crippen molar-refractivity contribution in [1.82, 2.24) is 19.1 Å². The molecule has 0 aromatic carbocycles. The van der Waals surface area contributed by atoms with Gasteiger partial charge in [0.15, 0.2) is 0 Å². The van der Waals surface area contributed by atoms with Crippen LogP contribution in [0.2, 0.25) is 51.4 Å². The Bertz CT molecular complexity index is 703. The van der Waals surface area contributed by atoms with E-state index in [1.54, 1.807) is 12.4 Å². The first-order valence-electron chi connectivity index (χ1n) is 11.3. The second-order valence-corrected chi connectivity index (χ2v) is 22.0. The first kappa shape index (κ1) is 26.0. The zero-order chi connectivity index (χ0) is 22.9. The summed E-state index contributed by atoms with van der Waals surface area (Å²) in [6.45, 7) is 16.8. The fourth-order valence-corrected chi connectivity index (χ4v) is 4.61. The Kier molecular flexibility index (Phi) is 10.1. The molecule has 7 nitrogen and oxygen atoms in total. The molecule has 0 saturated carbocycles. The minimum atomic E-state index is -1.09. The molecule has 2 aromatic rings. The van der Waals surface area contributed by atoms with Crippen LogP contribution in [0.5, 0.6) is 0 Å². The minimum Gasteiger partial charge on any atom is -0.396 e. The van der Waals surface area contributed by atoms with Crippen LogP contribution >= 0.6 is 0 Å². The zero-order valence-corrected chi connectivity index (χ0v) is 22.3. The van der Waals surface area contributed by atoms with Gasteiger partial charge in [-0.2, -0.15) is 0 Å². The second-order valence-electron chi connectivity index (χ2n) is 10.8. The van der Waals surface area contributed by atoms with Crippen LogP contribution in [0.4, 0.5) is 0 Å². The van der Waals surface area contributed by atoms with Gasteiger partial charge >= 0.3 is 0 Å². The van der Waals surface area contributed by atoms with Crippen LogP contribution in [-0.4, -0.2) is 60.2 Å². The Hall–Kier alpha value is -1.27. The molecule has 0 aliphatic rings. The minimum absolute atomic E-state index is 0.0475. The molecule has 0 saturated heterocycles. The molecule has 1 N–H and O–H groups in total. The largest absolute Gasteiger partial charge is 0.396 e. The fraction of sp³-hybridized carbons (Fsp3) is 0.727. The standard InChI is InChI=1S/C22H42N4O3Si2/c1-30(2,3)13-11-28-18-25-9-7-23-21(25)15-20(17-27)16-22-24-8-10-26(22)19-29-12-14-31(4,5)6/h7-10,20,27H,11-19H2,1-6H3. The van der Waals surface area contributed by atoms with Gasteiger partial charge in [-0.1, -0.05) is 39.3 Å². The number of nitrogens with zero attached hydrogens (tertiary/aromatic N) is 4. The summed E-state index contributed by atoms with van der Waals surface area (Å²) >= 11 is 0. The maximum absolute atomic E-state index is 9.99. The lowest BCUT2D eigenvalue weighted by molar-refractivity contribution is 0.0825. The Morgan fingerprint density at radius 1 is 0.806 bits per heavy atom. The van der Waals surface area contributed by atoms with Crippen molar-refractivity contribution >= 4 is 16.1 Å². The third-order valence-corrected chi connectivity index (χ3v) is 8.67. The maximum atomic E-state index is 9.99. The van der Waals surface area contributed by atoms with Crippen LogP contribution in [-0.2, 0) is 35.8 Å². The van der Waals surface area contributed by atoms with Crippen molar-refractivity contribution in [3.05, 3.63) is 36.4 Å². The molecule has 0 bridgehead atoms. The van der Waals surface area contributed by atoms with Gasteiger partial charge in [-0.05, 0) is 18.0 Å². The zero-order valence-electron chi connectivity index (χ0n) is 20.3. The van der Waals surface area contributed by atoms with Crippen molar-refractivity contribution in [2.24, 2.45) is 5.92 Å². The summed E-state index contributed by atoms with van der Waals surface area (Å²) in [5.74, 6) is 1.93. The molecule has 0 aliphatic heterocycles. The van der Waals surface area contributed by atoms with Gasteiger partial charge in [-0.25, -0.2) is 9.97 Å². The van der Waals surface area contributed by atoms with Crippen molar-refractivity contribution in [1.29, 1.82) is 0 Å². The van der Waals surface area contributed by atoms with Gasteiger partial charge in [-0.15, -0.1) is 0 Å². The molecule has 9 heteroatoms. The molecule has 176 valence electrons. The van der Waals surface area contributed by atoms with Crippen LogP contribution in [0.15, 0.2) is 24.8 Å². The van der Waals surface area contributed by atoms with Gasteiger partial charge in [0.1, 0.15) is 25.1 Å². The number of aliphatic hydroxyl groups excluding tert-OH is 1. The number of aliphatic hydroxyl groups is 1. The van der Waals surface area contributed by atoms with E-state index in [2.05, 4.69) is 49.3 Å². The number of imidazole rings is 2. The summed E-state index contributed by atoms with van der Waals surface area (Å²) in [6.07, 6.45) is 8.88. The first-order valence-corrected chi connectivity index (χ1v) is 18.8. The molecule has 0 unspecified atom stereocenters. The summed E-state index contributed by atoms with van der Waals surface area (Å²) < 4.78 is 15.8. The van der Waals surface area contributed by atoms with Gasteiger partial charge in [0.05, 0.1) is 0 Å². The van der Waals surface area contributed by atoms with E-state index in [0.717, 1.165) is 37.0 Å². The summed E-state index contributed by atoms with van der Waals surface area (Å²) in [7, 11) is -2.18. The average molecular weight is 467 g/mol. The quantitative estimate of drug-likeness (QED) is 0.316. The second kappa shape index (κ2) is 12.1. The molecule has 2 heterocycles. The van der Waals surface area contributed by atoms with Crippen LogP contribution < -0.4 is 0 Å². The SMILES string of the molecule is C[Si](C)(C)CCOCn1ccnc1CC(CO)Cc1nccn1COCC[Si](C)(C)C. The third-order valence-electron chi connectivity index (χ3n) is 5.26. The topological polar surface area (TPSA) is 74.3 Å². The van der Waals surface area contributed by atoms with Gasteiger partial charge in [0.25, 0.3) is 0 Å². The van der Waals surface area contributed by atoms with Crippen LogP contribution in [0.3, 0.4) is 0 Å². The third kappa shape index (κ3) is 10.3. The molecule has 31 heavy (non-hydrogen) atoms. The van der Waals surface area contributed by atoms with Crippen LogP contribution in [0.1, 0.15) is 11.6 Å². The molecule has 0 spiro atoms. The Balaban J connectivity index is 1.85. The highest BCUT2D eigenvalue weighted by Crippen LogP contribution is 2.15. The summed E-state index contributed by atoms with van der Waals surface area (Å²) in [4.78, 5) is 9.00. The molecular weight excluding hydrogens is 424 g/mol. The fourth-order valence-electron chi connectivity index (χ4n) is 3.10. The molecular formula is C22H42N4O3Si2. The van der Waals surface area contributed by atoms with E-state index in [-0.39, 0.29) is 12.5 Å². The Morgan fingerprint density at radius 2 is 1.23 bits per heavy atom. The van der Waals surface area contributed by atoms with Gasteiger partial charge in [-0.3, -0.25) is 0 Å². The van der Waals surface area contributed by atoms with E-state index < -0.39 is 16.1 Å². The highest BCUT2D eigenvalue weighted by molar-refractivity contribution is 6.76. The van der Waals surface area contributed by atoms with Crippen molar-refractivity contribution in [3.8, 4) is 0 Å². The van der Waals surface area contributed by atoms with E-state index in [1.807, 2.05) is 21.5 Å². The molecule has 0 aliphatic carbocycles. The molecule has 0 radical (unpaired) electrons. The van der Waals surface area contributed by atoms with Crippen molar-refractivity contribution in [2.45, 2.75) is 77.7 Å². The number of ether oxygens (including phenoxy) is 2. The summed E-state index contributed by atoms with van der Waals surface area (Å²) in [6, 6.07) is 2.30. The van der Waals surface area contributed by atoms with Gasteiger partial charge in [0, 0.05) is 73.6 Å². The highest BCUT2D eigenvalue weighted by Gasteiger charge is 2.17. The molecule has 0 amide bonds. The highest BCUT2D eigenvalue weighted by atomic mass is 28.3. The summed E-state index contributed by atoms with van der Waals surface area (Å²) in [5, 5.41) is 9.99. The lowest BCUT2D eigenvalue weighted by Gasteiger charge is -2.18. The van der Waals surface area contributed by atoms with E-state index in [1.165, 1.54) is 0 Å². The number of hydrogen-bond donors (Lipinski definition) is 1. The summed E-state index contributed by atoms with van der Waals surface area (Å²) in [5.41, 5.74) is 0. The Morgan fingerprint density at radius 3 is 1.58 bits per heavy atom. The first-order chi connectivity index (χ1) is 14.6. The lowest BCUT2D eigenvalue weighted by Crippen LogP contribution is -2.23. The number of rotatable bonds is 15. The molecule has 0 fully saturated rings. The maximum Gasteiger partial charge on any atom is 0.123 e. The Labute approximate surface area is 189 Å². The number of hydrogen-bond acceptors (Lipinski definition) is 5. The smallest absolute Gasteiger partial charge is 0.123 e. The van der Waals surface area contributed by atoms with E-state index in [9.17, 15) is 5.11 Å². The van der Waals surface area contributed by atoms with Crippen molar-refractivity contribution < 1.29 is 14.6 Å². The molecule has 0 atom stereocenters. The lowest BCUT2D eigenvalue weighted by atomic mass is 10.0. The average Bonchev–Trinajstić information content (AvgIpc) is 3.29. The van der Waals surface area contributed by atoms with Crippen LogP contribution in [0.25, 0.3) is 0 Å². The van der Waals surface area contributed by atoms with Gasteiger partial charge in [0.2, 0.25) is 0 Å². The van der Waals surface area contributed by atoms with E-state index in [4.69, 9.17) is 9.47 Å². The van der Waals surface area contributed by atoms with E-state index >= 15 is 0 Å². The number of aromatic nitrogens is 4. The normalized spacial score (nSPS) is 12.8. The van der Waals surface area contributed by atoms with E-state index in [0.29, 0.717) is 26.3 Å². The molecule has 2 aromatic heterocycles. The molecule has 2 rings (SSSR count). The van der Waals surface area contributed by atoms with Crippen molar-refractivity contribution in [2.75, 3.05) is 19.8 Å². The van der Waals surface area contributed by atoms with Crippen molar-refractivity contribution in [3.63, 3.8) is 0 Å². The van der Waals surface area contributed by atoms with Gasteiger partial charge < -0.3 is 23.7 Å². The predicted molar refractivity (Wildman–Crippen MR) is 131 cm³/mol. The predicted octanol–water partition coefficient (Wildman–Crippen LogP) is 4.10. The monoisotopic (exact) mass is 466 g/mol. The van der Waals surface area contributed by atoms with Crippen LogP contribution in [0, 0.1) is 5.92 Å².